The fourth-order valence-electron chi connectivity index (χ4n) is 3.02. The summed E-state index contributed by atoms with van der Waals surface area (Å²) in [5.74, 6) is -0.413. The van der Waals surface area contributed by atoms with Crippen LogP contribution in [0.4, 0.5) is 4.39 Å². The molecule has 0 saturated carbocycles. The highest BCUT2D eigenvalue weighted by Gasteiger charge is 2.20. The highest BCUT2D eigenvalue weighted by atomic mass is 19.1. The monoisotopic (exact) mass is 412 g/mol. The molecule has 1 amide bonds. The SMILES string of the molecule is CCN(C)C(=O)c1cn2cc(-c3ccc(OC)cc3F)n(CC=C(C)C)c(=O)c2n1. The van der Waals surface area contributed by atoms with E-state index in [1.165, 1.54) is 33.2 Å². The van der Waals surface area contributed by atoms with Crippen LogP contribution in [0.15, 0.2) is 47.0 Å². The van der Waals surface area contributed by atoms with Crippen LogP contribution in [0.2, 0.25) is 0 Å². The van der Waals surface area contributed by atoms with Crippen molar-refractivity contribution in [2.45, 2.75) is 27.3 Å². The Balaban J connectivity index is 2.26. The summed E-state index contributed by atoms with van der Waals surface area (Å²) >= 11 is 0. The van der Waals surface area contributed by atoms with E-state index in [-0.39, 0.29) is 29.4 Å². The lowest BCUT2D eigenvalue weighted by molar-refractivity contribution is 0.0797. The van der Waals surface area contributed by atoms with Gasteiger partial charge in [0.2, 0.25) is 5.65 Å². The molecule has 0 aliphatic carbocycles. The molecule has 0 radical (unpaired) electrons. The third kappa shape index (κ3) is 3.98. The molecule has 158 valence electrons. The molecule has 7 nitrogen and oxygen atoms in total. The molecule has 30 heavy (non-hydrogen) atoms. The molecule has 0 N–H and O–H groups in total. The maximum Gasteiger partial charge on any atom is 0.295 e. The van der Waals surface area contributed by atoms with Crippen LogP contribution < -0.4 is 10.3 Å². The molecule has 0 spiro atoms. The molecule has 0 aliphatic heterocycles. The van der Waals surface area contributed by atoms with Crippen LogP contribution in [0.3, 0.4) is 0 Å². The molecule has 2 aromatic heterocycles. The Morgan fingerprint density at radius 1 is 1.30 bits per heavy atom. The van der Waals surface area contributed by atoms with Crippen LogP contribution in [0.5, 0.6) is 5.75 Å². The molecule has 8 heteroatoms. The number of halogens is 1. The van der Waals surface area contributed by atoms with Gasteiger partial charge < -0.3 is 9.64 Å². The van der Waals surface area contributed by atoms with E-state index >= 15 is 0 Å². The topological polar surface area (TPSA) is 68.8 Å². The summed E-state index contributed by atoms with van der Waals surface area (Å²) < 4.78 is 22.8. The maximum absolute atomic E-state index is 14.8. The van der Waals surface area contributed by atoms with Gasteiger partial charge in [0.15, 0.2) is 0 Å². The first-order valence-electron chi connectivity index (χ1n) is 9.62. The van der Waals surface area contributed by atoms with Crippen molar-refractivity contribution >= 4 is 11.6 Å². The van der Waals surface area contributed by atoms with E-state index in [0.717, 1.165) is 5.57 Å². The third-order valence-corrected chi connectivity index (χ3v) is 4.90. The predicted molar refractivity (Wildman–Crippen MR) is 113 cm³/mol. The van der Waals surface area contributed by atoms with E-state index in [2.05, 4.69) is 4.98 Å². The smallest absolute Gasteiger partial charge is 0.295 e. The van der Waals surface area contributed by atoms with E-state index in [4.69, 9.17) is 4.74 Å². The molecule has 0 aliphatic rings. The Labute approximate surface area is 174 Å². The number of aromatic nitrogens is 3. The summed E-state index contributed by atoms with van der Waals surface area (Å²) in [6.45, 7) is 6.46. The van der Waals surface area contributed by atoms with Crippen molar-refractivity contribution in [1.82, 2.24) is 18.9 Å². The van der Waals surface area contributed by atoms with Gasteiger partial charge >= 0.3 is 0 Å². The van der Waals surface area contributed by atoms with Gasteiger partial charge in [-0.2, -0.15) is 0 Å². The number of rotatable bonds is 6. The molecule has 3 aromatic rings. The number of allylic oxidation sites excluding steroid dienone is 2. The van der Waals surface area contributed by atoms with Gasteiger partial charge in [-0.05, 0) is 32.9 Å². The van der Waals surface area contributed by atoms with Crippen molar-refractivity contribution in [2.24, 2.45) is 0 Å². The minimum atomic E-state index is -0.513. The van der Waals surface area contributed by atoms with Crippen LogP contribution in [0.1, 0.15) is 31.3 Å². The molecule has 3 rings (SSSR count). The molecule has 0 fully saturated rings. The van der Waals surface area contributed by atoms with Crippen LogP contribution in [-0.2, 0) is 6.54 Å². The molecule has 1 aromatic carbocycles. The summed E-state index contributed by atoms with van der Waals surface area (Å²) in [5.41, 5.74) is 1.53. The van der Waals surface area contributed by atoms with Crippen molar-refractivity contribution < 1.29 is 13.9 Å². The van der Waals surface area contributed by atoms with E-state index in [1.807, 2.05) is 26.8 Å². The first-order valence-corrected chi connectivity index (χ1v) is 9.62. The maximum atomic E-state index is 14.8. The lowest BCUT2D eigenvalue weighted by Gasteiger charge is -2.14. The largest absolute Gasteiger partial charge is 0.497 e. The Morgan fingerprint density at radius 3 is 2.63 bits per heavy atom. The molecular formula is C22H25FN4O3. The van der Waals surface area contributed by atoms with Crippen molar-refractivity contribution in [3.05, 3.63) is 64.1 Å². The summed E-state index contributed by atoms with van der Waals surface area (Å²) in [5, 5.41) is 0. The van der Waals surface area contributed by atoms with Gasteiger partial charge in [0, 0.05) is 44.2 Å². The van der Waals surface area contributed by atoms with Gasteiger partial charge in [-0.15, -0.1) is 0 Å². The van der Waals surface area contributed by atoms with Gasteiger partial charge in [0.25, 0.3) is 11.5 Å². The molecule has 0 unspecified atom stereocenters. The highest BCUT2D eigenvalue weighted by molar-refractivity contribution is 5.92. The quantitative estimate of drug-likeness (QED) is 0.582. The average Bonchev–Trinajstić information content (AvgIpc) is 3.16. The predicted octanol–water partition coefficient (Wildman–Crippen LogP) is 3.37. The minimum absolute atomic E-state index is 0.114. The van der Waals surface area contributed by atoms with Crippen LogP contribution in [0.25, 0.3) is 16.9 Å². The lowest BCUT2D eigenvalue weighted by atomic mass is 10.1. The van der Waals surface area contributed by atoms with Crippen molar-refractivity contribution in [1.29, 1.82) is 0 Å². The summed E-state index contributed by atoms with van der Waals surface area (Å²) in [4.78, 5) is 31.5. The number of fused-ring (bicyclic) bond motifs is 1. The van der Waals surface area contributed by atoms with Gasteiger partial charge in [-0.1, -0.05) is 11.6 Å². The van der Waals surface area contributed by atoms with Crippen molar-refractivity contribution in [2.75, 3.05) is 20.7 Å². The number of ether oxygens (including phenoxy) is 1. The number of methoxy groups -OCH3 is 1. The molecule has 2 heterocycles. The van der Waals surface area contributed by atoms with E-state index in [0.29, 0.717) is 18.0 Å². The Kier molecular flexibility index (Phi) is 6.05. The minimum Gasteiger partial charge on any atom is -0.497 e. The zero-order valence-corrected chi connectivity index (χ0v) is 17.8. The van der Waals surface area contributed by atoms with E-state index in [1.54, 1.807) is 25.4 Å². The number of imidazole rings is 1. The number of nitrogens with zero attached hydrogens (tertiary/aromatic N) is 4. The van der Waals surface area contributed by atoms with Gasteiger partial charge in [0.05, 0.1) is 12.8 Å². The number of hydrogen-bond acceptors (Lipinski definition) is 4. The first kappa shape index (κ1) is 21.3. The standard InChI is InChI=1S/C22H25FN4O3/c1-6-25(4)21(28)18-12-26-13-19(16-8-7-15(30-5)11-17(16)23)27(10-9-14(2)3)22(29)20(26)24-18/h7-9,11-13H,6,10H2,1-5H3. The number of carbonyl (C=O) groups is 1. The Bertz CT molecular complexity index is 1190. The van der Waals surface area contributed by atoms with Crippen LogP contribution >= 0.6 is 0 Å². The van der Waals surface area contributed by atoms with Gasteiger partial charge in [0.1, 0.15) is 17.3 Å². The molecule has 0 bridgehead atoms. The second kappa shape index (κ2) is 8.52. The summed E-state index contributed by atoms with van der Waals surface area (Å²) in [6.07, 6.45) is 5.00. The van der Waals surface area contributed by atoms with E-state index in [9.17, 15) is 14.0 Å². The second-order valence-electron chi connectivity index (χ2n) is 7.23. The Morgan fingerprint density at radius 2 is 2.03 bits per heavy atom. The fourth-order valence-corrected chi connectivity index (χ4v) is 3.02. The van der Waals surface area contributed by atoms with Crippen LogP contribution in [0, 0.1) is 5.82 Å². The molecule has 0 atom stereocenters. The van der Waals surface area contributed by atoms with Gasteiger partial charge in [-0.25, -0.2) is 9.37 Å². The van der Waals surface area contributed by atoms with Gasteiger partial charge in [-0.3, -0.25) is 18.6 Å². The normalized spacial score (nSPS) is 10.9. The summed E-state index contributed by atoms with van der Waals surface area (Å²) in [6, 6.07) is 4.48. The Hall–Kier alpha value is -3.42. The van der Waals surface area contributed by atoms with Crippen molar-refractivity contribution in [3.63, 3.8) is 0 Å². The summed E-state index contributed by atoms with van der Waals surface area (Å²) in [7, 11) is 3.13. The number of hydrogen-bond donors (Lipinski definition) is 0. The van der Waals surface area contributed by atoms with E-state index < -0.39 is 11.4 Å². The van der Waals surface area contributed by atoms with Crippen LogP contribution in [-0.4, -0.2) is 45.5 Å². The second-order valence-corrected chi connectivity index (χ2v) is 7.23. The molecule has 0 saturated heterocycles. The van der Waals surface area contributed by atoms with Crippen molar-refractivity contribution in [3.8, 4) is 17.0 Å². The number of benzene rings is 1. The number of carbonyl (C=O) groups excluding carboxylic acids is 1. The molecular weight excluding hydrogens is 387 g/mol. The third-order valence-electron chi connectivity index (χ3n) is 4.90. The zero-order chi connectivity index (χ0) is 22.0. The average molecular weight is 412 g/mol. The number of amides is 1. The fraction of sp³-hybridized carbons (Fsp3) is 0.318. The zero-order valence-electron chi connectivity index (χ0n) is 17.8. The first-order chi connectivity index (χ1) is 14.3. The highest BCUT2D eigenvalue weighted by Crippen LogP contribution is 2.26. The lowest BCUT2D eigenvalue weighted by Crippen LogP contribution is -2.26.